The molecule has 0 aromatic heterocycles. The van der Waals surface area contributed by atoms with Gasteiger partial charge in [0.25, 0.3) is 5.91 Å². The summed E-state index contributed by atoms with van der Waals surface area (Å²) in [5.74, 6) is -0.389. The van der Waals surface area contributed by atoms with Gasteiger partial charge in [-0.1, -0.05) is 6.42 Å². The van der Waals surface area contributed by atoms with Crippen molar-refractivity contribution in [2.45, 2.75) is 44.9 Å². The van der Waals surface area contributed by atoms with Crippen molar-refractivity contribution in [1.29, 1.82) is 0 Å². The van der Waals surface area contributed by atoms with Crippen LogP contribution in [0, 0.1) is 0 Å². The summed E-state index contributed by atoms with van der Waals surface area (Å²) in [7, 11) is 0. The van der Waals surface area contributed by atoms with Crippen molar-refractivity contribution >= 4 is 17.6 Å². The first kappa shape index (κ1) is 19.2. The Kier molecular flexibility index (Phi) is 7.66. The molecule has 0 radical (unpaired) electrons. The first-order valence-electron chi connectivity index (χ1n) is 9.10. The third-order valence-corrected chi connectivity index (χ3v) is 4.35. The summed E-state index contributed by atoms with van der Waals surface area (Å²) in [4.78, 5) is 38.7. The van der Waals surface area contributed by atoms with Gasteiger partial charge in [-0.05, 0) is 38.3 Å². The van der Waals surface area contributed by atoms with Gasteiger partial charge in [0.15, 0.2) is 5.78 Å². The van der Waals surface area contributed by atoms with Gasteiger partial charge in [0.2, 0.25) is 5.91 Å². The summed E-state index contributed by atoms with van der Waals surface area (Å²) in [5.41, 5.74) is 6.16. The van der Waals surface area contributed by atoms with Crippen molar-refractivity contribution in [3.63, 3.8) is 0 Å². The molecule has 7 nitrogen and oxygen atoms in total. The van der Waals surface area contributed by atoms with Crippen LogP contribution < -0.4 is 16.4 Å². The zero-order valence-corrected chi connectivity index (χ0v) is 14.7. The van der Waals surface area contributed by atoms with E-state index in [4.69, 9.17) is 5.73 Å². The number of Topliss-reactive ketones (excluding diaryl/α,β-unsaturated/α-hetero) is 1. The minimum absolute atomic E-state index is 0.0506. The van der Waals surface area contributed by atoms with Gasteiger partial charge in [0, 0.05) is 38.7 Å². The van der Waals surface area contributed by atoms with Crippen molar-refractivity contribution in [2.75, 3.05) is 26.2 Å². The van der Waals surface area contributed by atoms with Crippen molar-refractivity contribution < 1.29 is 14.4 Å². The van der Waals surface area contributed by atoms with Crippen molar-refractivity contribution in [1.82, 2.24) is 15.5 Å². The Morgan fingerprint density at radius 3 is 2.76 bits per heavy atom. The van der Waals surface area contributed by atoms with Crippen LogP contribution in [-0.4, -0.2) is 48.7 Å². The van der Waals surface area contributed by atoms with E-state index in [0.717, 1.165) is 32.2 Å². The highest BCUT2D eigenvalue weighted by Gasteiger charge is 2.28. The van der Waals surface area contributed by atoms with Crippen LogP contribution in [0.5, 0.6) is 0 Å². The van der Waals surface area contributed by atoms with E-state index in [0.29, 0.717) is 50.2 Å². The van der Waals surface area contributed by atoms with E-state index in [-0.39, 0.29) is 17.6 Å². The van der Waals surface area contributed by atoms with Gasteiger partial charge in [-0.3, -0.25) is 14.4 Å². The van der Waals surface area contributed by atoms with Gasteiger partial charge in [-0.25, -0.2) is 0 Å². The number of likely N-dealkylation sites (tertiary alicyclic amines) is 1. The van der Waals surface area contributed by atoms with Gasteiger partial charge >= 0.3 is 0 Å². The number of amides is 2. The molecule has 1 fully saturated rings. The zero-order chi connectivity index (χ0) is 18.1. The monoisotopic (exact) mass is 348 g/mol. The Balaban J connectivity index is 2.27. The maximum atomic E-state index is 12.6. The number of hydrogen-bond acceptors (Lipinski definition) is 5. The number of carbonyl (C=O) groups excluding carboxylic acids is 3. The summed E-state index contributed by atoms with van der Waals surface area (Å²) in [6.45, 7) is 2.26. The molecule has 4 N–H and O–H groups in total. The Bertz CT molecular complexity index is 569. The van der Waals surface area contributed by atoms with Crippen LogP contribution >= 0.6 is 0 Å². The van der Waals surface area contributed by atoms with E-state index in [1.54, 1.807) is 12.3 Å². The van der Waals surface area contributed by atoms with E-state index in [1.807, 2.05) is 0 Å². The van der Waals surface area contributed by atoms with Crippen LogP contribution in [0.4, 0.5) is 0 Å². The summed E-state index contributed by atoms with van der Waals surface area (Å²) in [6, 6.07) is 0. The molecule has 138 valence electrons. The molecule has 0 atom stereocenters. The molecule has 0 unspecified atom stereocenters. The maximum absolute atomic E-state index is 12.6. The Hall–Kier alpha value is -2.15. The second-order valence-corrected chi connectivity index (χ2v) is 6.36. The van der Waals surface area contributed by atoms with Crippen LogP contribution in [0.15, 0.2) is 23.5 Å². The molecule has 0 saturated carbocycles. The minimum atomic E-state index is -0.267. The first-order chi connectivity index (χ1) is 12.1. The first-order valence-corrected chi connectivity index (χ1v) is 9.10. The highest BCUT2D eigenvalue weighted by molar-refractivity contribution is 6.03. The van der Waals surface area contributed by atoms with Crippen LogP contribution in [0.2, 0.25) is 0 Å². The van der Waals surface area contributed by atoms with Crippen LogP contribution in [0.1, 0.15) is 44.9 Å². The molecule has 2 amide bonds. The molecule has 0 bridgehead atoms. The molecule has 2 aliphatic heterocycles. The fourth-order valence-electron chi connectivity index (χ4n) is 2.94. The number of rotatable bonds is 5. The molecule has 0 aromatic carbocycles. The maximum Gasteiger partial charge on any atom is 0.252 e. The van der Waals surface area contributed by atoms with Crippen molar-refractivity contribution in [3.8, 4) is 0 Å². The average molecular weight is 348 g/mol. The summed E-state index contributed by atoms with van der Waals surface area (Å²) < 4.78 is 0. The van der Waals surface area contributed by atoms with E-state index in [9.17, 15) is 14.4 Å². The molecular weight excluding hydrogens is 320 g/mol. The van der Waals surface area contributed by atoms with Crippen molar-refractivity contribution in [3.05, 3.63) is 23.5 Å². The lowest BCUT2D eigenvalue weighted by Crippen LogP contribution is -2.31. The normalized spacial score (nSPS) is 23.8. The quantitative estimate of drug-likeness (QED) is 0.630. The molecule has 7 heteroatoms. The van der Waals surface area contributed by atoms with E-state index >= 15 is 0 Å². The number of nitrogens with two attached hydrogens (primary N) is 1. The van der Waals surface area contributed by atoms with E-state index in [1.165, 1.54) is 4.90 Å². The molecule has 2 aliphatic rings. The molecule has 2 heterocycles. The van der Waals surface area contributed by atoms with E-state index in [2.05, 4.69) is 10.6 Å². The lowest BCUT2D eigenvalue weighted by atomic mass is 10.1. The molecular formula is C18H28N4O3. The molecule has 25 heavy (non-hydrogen) atoms. The van der Waals surface area contributed by atoms with Crippen LogP contribution in [-0.2, 0) is 14.4 Å². The lowest BCUT2D eigenvalue weighted by molar-refractivity contribution is -0.129. The topological polar surface area (TPSA) is 105 Å². The summed E-state index contributed by atoms with van der Waals surface area (Å²) in [6.07, 6.45) is 8.13. The highest BCUT2D eigenvalue weighted by atomic mass is 16.2. The number of nitrogens with one attached hydrogen (secondary N) is 2. The molecule has 0 aliphatic carbocycles. The lowest BCUT2D eigenvalue weighted by Gasteiger charge is -2.19. The van der Waals surface area contributed by atoms with Gasteiger partial charge in [-0.2, -0.15) is 0 Å². The number of allylic oxidation sites excluding steroid dienone is 1. The third-order valence-electron chi connectivity index (χ3n) is 4.35. The summed E-state index contributed by atoms with van der Waals surface area (Å²) in [5, 5.41) is 5.94. The molecule has 0 aromatic rings. The second kappa shape index (κ2) is 9.98. The number of ketones is 1. The third kappa shape index (κ3) is 5.70. The molecule has 0 spiro atoms. The van der Waals surface area contributed by atoms with Gasteiger partial charge in [-0.15, -0.1) is 0 Å². The smallest absolute Gasteiger partial charge is 0.252 e. The largest absolute Gasteiger partial charge is 0.390 e. The SMILES string of the molecule is NCCCNC(=O)C1=C/NCCCCCC(=O)/C(N2CCCC2=O)=C\1. The fraction of sp³-hybridized carbons (Fsp3) is 0.611. The number of hydrogen-bond donors (Lipinski definition) is 3. The van der Waals surface area contributed by atoms with Crippen LogP contribution in [0.25, 0.3) is 0 Å². The Morgan fingerprint density at radius 1 is 1.20 bits per heavy atom. The standard InChI is InChI=1S/C18H28N4O3/c19-8-5-10-21-18(25)14-12-15(22-11-4-7-17(22)24)16(23)6-2-1-3-9-20-13-14/h12-13,20H,1-11,19H2,(H,21,25)/b14-13+,15-12+. The summed E-state index contributed by atoms with van der Waals surface area (Å²) >= 11 is 0. The number of carbonyl (C=O) groups is 3. The fourth-order valence-corrected chi connectivity index (χ4v) is 2.94. The van der Waals surface area contributed by atoms with Crippen LogP contribution in [0.3, 0.4) is 0 Å². The van der Waals surface area contributed by atoms with Gasteiger partial charge in [0.1, 0.15) is 0 Å². The molecule has 1 saturated heterocycles. The predicted molar refractivity (Wildman–Crippen MR) is 95.3 cm³/mol. The zero-order valence-electron chi connectivity index (χ0n) is 14.7. The van der Waals surface area contributed by atoms with E-state index < -0.39 is 0 Å². The predicted octanol–water partition coefficient (Wildman–Crippen LogP) is 0.574. The van der Waals surface area contributed by atoms with Gasteiger partial charge < -0.3 is 21.3 Å². The highest BCUT2D eigenvalue weighted by Crippen LogP contribution is 2.21. The minimum Gasteiger partial charge on any atom is -0.390 e. The van der Waals surface area contributed by atoms with Crippen molar-refractivity contribution in [2.24, 2.45) is 5.73 Å². The number of nitrogens with zero attached hydrogens (tertiary/aromatic N) is 1. The Morgan fingerprint density at radius 2 is 2.04 bits per heavy atom. The average Bonchev–Trinajstić information content (AvgIpc) is 3.00. The van der Waals surface area contributed by atoms with Gasteiger partial charge in [0.05, 0.1) is 11.3 Å². The Labute approximate surface area is 148 Å². The molecule has 2 rings (SSSR count). The second-order valence-electron chi connectivity index (χ2n) is 6.36.